The number of thiazole rings is 1. The molecule has 1 aliphatic rings. The lowest BCUT2D eigenvalue weighted by Crippen LogP contribution is -2.34. The molecule has 3 rings (SSSR count). The molecule has 0 bridgehead atoms. The fourth-order valence-electron chi connectivity index (χ4n) is 2.53. The van der Waals surface area contributed by atoms with Crippen molar-refractivity contribution in [2.24, 2.45) is 5.92 Å². The lowest BCUT2D eigenvalue weighted by molar-refractivity contribution is -0.120. The number of nitrogens with zero attached hydrogens (tertiary/aromatic N) is 1. The van der Waals surface area contributed by atoms with Gasteiger partial charge in [0.1, 0.15) is 0 Å². The van der Waals surface area contributed by atoms with E-state index in [-0.39, 0.29) is 11.8 Å². The highest BCUT2D eigenvalue weighted by Crippen LogP contribution is 2.34. The quantitative estimate of drug-likeness (QED) is 0.910. The Morgan fingerprint density at radius 1 is 1.29 bits per heavy atom. The first kappa shape index (κ1) is 14.7. The summed E-state index contributed by atoms with van der Waals surface area (Å²) in [5.41, 5.74) is 0.999. The highest BCUT2D eigenvalue weighted by molar-refractivity contribution is 7.18. The Labute approximate surface area is 132 Å². The molecule has 112 valence electrons. The van der Waals surface area contributed by atoms with Gasteiger partial charge in [-0.2, -0.15) is 0 Å². The summed E-state index contributed by atoms with van der Waals surface area (Å²) in [6, 6.07) is 4.20. The molecule has 0 unspecified atom stereocenters. The molecule has 2 aromatic rings. The average molecular weight is 321 g/mol. The number of aryl methyl sites for hydroxylation is 2. The molecule has 0 saturated carbocycles. The van der Waals surface area contributed by atoms with Crippen molar-refractivity contribution in [3.05, 3.63) is 21.9 Å². The van der Waals surface area contributed by atoms with Gasteiger partial charge < -0.3 is 10.6 Å². The topological polar surface area (TPSA) is 54.0 Å². The summed E-state index contributed by atoms with van der Waals surface area (Å²) in [5, 5.41) is 6.99. The van der Waals surface area contributed by atoms with Crippen molar-refractivity contribution in [1.29, 1.82) is 0 Å². The number of hydrogen-bond acceptors (Lipinski definition) is 5. The molecule has 0 spiro atoms. The largest absolute Gasteiger partial charge is 0.317 e. The van der Waals surface area contributed by atoms with Gasteiger partial charge in [0.15, 0.2) is 5.13 Å². The molecule has 0 atom stereocenters. The Balaban J connectivity index is 1.73. The maximum atomic E-state index is 12.3. The number of piperidine rings is 1. The molecule has 1 amide bonds. The van der Waals surface area contributed by atoms with Gasteiger partial charge in [-0.1, -0.05) is 0 Å². The van der Waals surface area contributed by atoms with Crippen LogP contribution in [-0.2, 0) is 4.79 Å². The molecule has 0 aliphatic carbocycles. The number of carbonyl (C=O) groups is 1. The normalized spacial score (nSPS) is 16.1. The van der Waals surface area contributed by atoms with Crippen LogP contribution in [0.15, 0.2) is 12.1 Å². The van der Waals surface area contributed by atoms with Gasteiger partial charge >= 0.3 is 0 Å². The molecule has 1 saturated heterocycles. The monoisotopic (exact) mass is 321 g/mol. The van der Waals surface area contributed by atoms with Gasteiger partial charge in [-0.15, -0.1) is 22.7 Å². The third kappa shape index (κ3) is 3.33. The Bertz CT molecular complexity index is 641. The zero-order valence-corrected chi connectivity index (χ0v) is 13.9. The number of rotatable bonds is 3. The molecular formula is C15H19N3OS2. The Kier molecular flexibility index (Phi) is 4.37. The summed E-state index contributed by atoms with van der Waals surface area (Å²) in [6.07, 6.45) is 1.82. The smallest absolute Gasteiger partial charge is 0.229 e. The lowest BCUT2D eigenvalue weighted by Gasteiger charge is -2.20. The van der Waals surface area contributed by atoms with E-state index >= 15 is 0 Å². The van der Waals surface area contributed by atoms with E-state index in [0.717, 1.165) is 41.6 Å². The first-order valence-corrected chi connectivity index (χ1v) is 8.82. The number of thiophene rings is 1. The van der Waals surface area contributed by atoms with E-state index in [1.807, 2.05) is 0 Å². The zero-order chi connectivity index (χ0) is 14.8. The summed E-state index contributed by atoms with van der Waals surface area (Å²) in [6.45, 7) is 6.00. The van der Waals surface area contributed by atoms with E-state index < -0.39 is 0 Å². The van der Waals surface area contributed by atoms with Gasteiger partial charge in [0.2, 0.25) is 5.91 Å². The van der Waals surface area contributed by atoms with E-state index in [9.17, 15) is 4.79 Å². The first-order valence-electron chi connectivity index (χ1n) is 7.19. The van der Waals surface area contributed by atoms with E-state index in [1.54, 1.807) is 22.7 Å². The summed E-state index contributed by atoms with van der Waals surface area (Å²) in [7, 11) is 0. The van der Waals surface area contributed by atoms with Crippen LogP contribution in [0.2, 0.25) is 0 Å². The van der Waals surface area contributed by atoms with Crippen molar-refractivity contribution in [2.75, 3.05) is 18.4 Å². The van der Waals surface area contributed by atoms with Crippen LogP contribution in [0, 0.1) is 19.8 Å². The van der Waals surface area contributed by atoms with Crippen LogP contribution in [0.4, 0.5) is 5.13 Å². The molecule has 21 heavy (non-hydrogen) atoms. The van der Waals surface area contributed by atoms with Crippen molar-refractivity contribution >= 4 is 33.7 Å². The van der Waals surface area contributed by atoms with Gasteiger partial charge in [0.25, 0.3) is 0 Å². The number of aromatic nitrogens is 1. The van der Waals surface area contributed by atoms with Crippen molar-refractivity contribution in [3.63, 3.8) is 0 Å². The number of amides is 1. The van der Waals surface area contributed by atoms with E-state index in [1.165, 1.54) is 9.75 Å². The van der Waals surface area contributed by atoms with Crippen LogP contribution in [0.1, 0.15) is 22.6 Å². The molecule has 3 heterocycles. The summed E-state index contributed by atoms with van der Waals surface area (Å²) >= 11 is 3.30. The second-order valence-electron chi connectivity index (χ2n) is 5.35. The second kappa shape index (κ2) is 6.25. The predicted octanol–water partition coefficient (Wildman–Crippen LogP) is 3.43. The van der Waals surface area contributed by atoms with Gasteiger partial charge in [-0.3, -0.25) is 4.79 Å². The van der Waals surface area contributed by atoms with Crippen molar-refractivity contribution in [3.8, 4) is 10.6 Å². The molecule has 0 aromatic carbocycles. The Morgan fingerprint density at radius 2 is 2.05 bits per heavy atom. The van der Waals surface area contributed by atoms with Crippen molar-refractivity contribution < 1.29 is 4.79 Å². The highest BCUT2D eigenvalue weighted by Gasteiger charge is 2.22. The highest BCUT2D eigenvalue weighted by atomic mass is 32.1. The first-order chi connectivity index (χ1) is 10.1. The van der Waals surface area contributed by atoms with E-state index in [2.05, 4.69) is 41.6 Å². The maximum absolute atomic E-state index is 12.3. The number of anilines is 1. The van der Waals surface area contributed by atoms with Gasteiger partial charge in [0.05, 0.1) is 10.6 Å². The fourth-order valence-corrected chi connectivity index (χ4v) is 4.34. The minimum Gasteiger partial charge on any atom is -0.317 e. The second-order valence-corrected chi connectivity index (χ2v) is 7.84. The fraction of sp³-hybridized carbons (Fsp3) is 0.467. The van der Waals surface area contributed by atoms with Crippen LogP contribution in [0.3, 0.4) is 0 Å². The summed E-state index contributed by atoms with van der Waals surface area (Å²) in [4.78, 5) is 20.5. The van der Waals surface area contributed by atoms with Crippen LogP contribution in [0.25, 0.3) is 10.6 Å². The molecule has 1 aliphatic heterocycles. The van der Waals surface area contributed by atoms with Crippen LogP contribution in [-0.4, -0.2) is 24.0 Å². The minimum atomic E-state index is 0.110. The molecular weight excluding hydrogens is 302 g/mol. The van der Waals surface area contributed by atoms with Gasteiger partial charge in [-0.05, 0) is 51.9 Å². The predicted molar refractivity (Wildman–Crippen MR) is 89.1 cm³/mol. The van der Waals surface area contributed by atoms with E-state index in [4.69, 9.17) is 0 Å². The van der Waals surface area contributed by atoms with Crippen LogP contribution < -0.4 is 10.6 Å². The Hall–Kier alpha value is -1.24. The van der Waals surface area contributed by atoms with Crippen molar-refractivity contribution in [1.82, 2.24) is 10.3 Å². The number of carbonyl (C=O) groups excluding carboxylic acids is 1. The standard InChI is InChI=1S/C15H19N3OS2/c1-9-3-4-12(20-9)13-10(2)21-15(17-13)18-14(19)11-5-7-16-8-6-11/h3-4,11,16H,5-8H2,1-2H3,(H,17,18,19). The molecule has 2 aromatic heterocycles. The molecule has 0 radical (unpaired) electrons. The summed E-state index contributed by atoms with van der Waals surface area (Å²) in [5.74, 6) is 0.224. The number of nitrogens with one attached hydrogen (secondary N) is 2. The summed E-state index contributed by atoms with van der Waals surface area (Å²) < 4.78 is 0. The SMILES string of the molecule is Cc1ccc(-c2nc(NC(=O)C3CCNCC3)sc2C)s1. The van der Waals surface area contributed by atoms with Crippen molar-refractivity contribution in [2.45, 2.75) is 26.7 Å². The minimum absolute atomic E-state index is 0.110. The van der Waals surface area contributed by atoms with Gasteiger partial charge in [0, 0.05) is 15.7 Å². The van der Waals surface area contributed by atoms with Crippen LogP contribution in [0.5, 0.6) is 0 Å². The van der Waals surface area contributed by atoms with E-state index in [0.29, 0.717) is 0 Å². The maximum Gasteiger partial charge on any atom is 0.229 e. The molecule has 6 heteroatoms. The number of hydrogen-bond donors (Lipinski definition) is 2. The third-order valence-corrected chi connectivity index (χ3v) is 5.60. The lowest BCUT2D eigenvalue weighted by atomic mass is 9.97. The Morgan fingerprint density at radius 3 is 2.71 bits per heavy atom. The average Bonchev–Trinajstić information content (AvgIpc) is 3.06. The third-order valence-electron chi connectivity index (χ3n) is 3.71. The van der Waals surface area contributed by atoms with Gasteiger partial charge in [-0.25, -0.2) is 4.98 Å². The molecule has 2 N–H and O–H groups in total. The zero-order valence-electron chi connectivity index (χ0n) is 12.2. The molecule has 1 fully saturated rings. The van der Waals surface area contributed by atoms with Crippen LogP contribution >= 0.6 is 22.7 Å². The molecule has 4 nitrogen and oxygen atoms in total.